The van der Waals surface area contributed by atoms with Gasteiger partial charge in [-0.3, -0.25) is 14.9 Å². The fourth-order valence-corrected chi connectivity index (χ4v) is 1.23. The Labute approximate surface area is 107 Å². The minimum absolute atomic E-state index is 0.195. The van der Waals surface area contributed by atoms with Gasteiger partial charge in [-0.1, -0.05) is 6.92 Å². The molecular weight excluding hydrogens is 269 g/mol. The largest absolute Gasteiger partial charge is 0.481 e. The van der Waals surface area contributed by atoms with Crippen molar-refractivity contribution < 1.29 is 32.7 Å². The molecule has 0 heterocycles. The van der Waals surface area contributed by atoms with Crippen LogP contribution in [-0.4, -0.2) is 35.7 Å². The minimum atomic E-state index is -4.38. The van der Waals surface area contributed by atoms with Crippen LogP contribution < -0.4 is 10.6 Å². The van der Waals surface area contributed by atoms with Crippen molar-refractivity contribution in [3.05, 3.63) is 0 Å². The number of carbonyl (C=O) groups is 3. The molecule has 0 radical (unpaired) electrons. The van der Waals surface area contributed by atoms with Gasteiger partial charge in [-0.25, -0.2) is 4.79 Å². The zero-order valence-electron chi connectivity index (χ0n) is 10.2. The second-order valence-corrected chi connectivity index (χ2v) is 4.08. The van der Waals surface area contributed by atoms with Crippen LogP contribution in [0.15, 0.2) is 0 Å². The van der Waals surface area contributed by atoms with E-state index in [0.29, 0.717) is 0 Å². The number of carboxylic acid groups (broad SMARTS) is 1. The highest BCUT2D eigenvalue weighted by atomic mass is 19.4. The Morgan fingerprint density at radius 1 is 1.21 bits per heavy atom. The number of urea groups is 1. The first-order valence-electron chi connectivity index (χ1n) is 5.46. The van der Waals surface area contributed by atoms with E-state index in [2.05, 4.69) is 0 Å². The highest BCUT2D eigenvalue weighted by Gasteiger charge is 2.26. The second-order valence-electron chi connectivity index (χ2n) is 4.08. The third kappa shape index (κ3) is 11.0. The van der Waals surface area contributed by atoms with Crippen molar-refractivity contribution in [1.82, 2.24) is 10.6 Å². The van der Waals surface area contributed by atoms with E-state index in [0.717, 1.165) is 0 Å². The van der Waals surface area contributed by atoms with Crippen molar-refractivity contribution in [2.24, 2.45) is 5.92 Å². The molecule has 6 nitrogen and oxygen atoms in total. The van der Waals surface area contributed by atoms with Gasteiger partial charge in [0.05, 0.1) is 6.42 Å². The van der Waals surface area contributed by atoms with Gasteiger partial charge >= 0.3 is 18.2 Å². The Bertz CT molecular complexity index is 344. The van der Waals surface area contributed by atoms with Gasteiger partial charge in [-0.2, -0.15) is 13.2 Å². The number of nitrogens with one attached hydrogen (secondary N) is 2. The maximum atomic E-state index is 11.8. The summed E-state index contributed by atoms with van der Waals surface area (Å²) in [5.74, 6) is -2.28. The highest BCUT2D eigenvalue weighted by molar-refractivity contribution is 5.94. The minimum Gasteiger partial charge on any atom is -0.481 e. The molecule has 0 aliphatic carbocycles. The average molecular weight is 284 g/mol. The summed E-state index contributed by atoms with van der Waals surface area (Å²) in [4.78, 5) is 32.6. The van der Waals surface area contributed by atoms with E-state index in [-0.39, 0.29) is 12.8 Å². The van der Waals surface area contributed by atoms with Crippen LogP contribution in [0.25, 0.3) is 0 Å². The van der Waals surface area contributed by atoms with Crippen molar-refractivity contribution in [3.8, 4) is 0 Å². The smallest absolute Gasteiger partial charge is 0.390 e. The molecule has 0 aromatic rings. The summed E-state index contributed by atoms with van der Waals surface area (Å²) in [7, 11) is 0. The van der Waals surface area contributed by atoms with Crippen LogP contribution in [0.4, 0.5) is 18.0 Å². The van der Waals surface area contributed by atoms with Crippen molar-refractivity contribution in [3.63, 3.8) is 0 Å². The van der Waals surface area contributed by atoms with Crippen LogP contribution >= 0.6 is 0 Å². The molecule has 0 saturated carbocycles. The number of carbonyl (C=O) groups excluding carboxylic acids is 2. The van der Waals surface area contributed by atoms with Gasteiger partial charge in [-0.05, 0) is 5.92 Å². The molecule has 0 aromatic carbocycles. The lowest BCUT2D eigenvalue weighted by Gasteiger charge is -2.10. The Morgan fingerprint density at radius 2 is 1.79 bits per heavy atom. The molecule has 0 saturated heterocycles. The van der Waals surface area contributed by atoms with Crippen LogP contribution in [0.5, 0.6) is 0 Å². The lowest BCUT2D eigenvalue weighted by molar-refractivity contribution is -0.138. The molecule has 0 aromatic heterocycles. The Balaban J connectivity index is 3.87. The van der Waals surface area contributed by atoms with Gasteiger partial charge in [0.1, 0.15) is 0 Å². The summed E-state index contributed by atoms with van der Waals surface area (Å²) < 4.78 is 35.3. The number of rotatable bonds is 6. The zero-order valence-corrected chi connectivity index (χ0v) is 10.2. The van der Waals surface area contributed by atoms with Crippen molar-refractivity contribution in [2.45, 2.75) is 32.4 Å². The van der Waals surface area contributed by atoms with E-state index < -0.39 is 43.0 Å². The SMILES string of the molecule is CC(CC(=O)O)CC(=O)NC(=O)NCCC(F)(F)F. The van der Waals surface area contributed by atoms with E-state index in [1.165, 1.54) is 6.92 Å². The first-order chi connectivity index (χ1) is 8.60. The van der Waals surface area contributed by atoms with E-state index in [4.69, 9.17) is 5.11 Å². The van der Waals surface area contributed by atoms with Crippen molar-refractivity contribution in [2.75, 3.05) is 6.54 Å². The third-order valence-electron chi connectivity index (χ3n) is 2.00. The lowest BCUT2D eigenvalue weighted by Crippen LogP contribution is -2.41. The highest BCUT2D eigenvalue weighted by Crippen LogP contribution is 2.18. The predicted molar refractivity (Wildman–Crippen MR) is 58.2 cm³/mol. The van der Waals surface area contributed by atoms with Crippen molar-refractivity contribution >= 4 is 17.9 Å². The Hall–Kier alpha value is -1.80. The van der Waals surface area contributed by atoms with Crippen LogP contribution in [0.2, 0.25) is 0 Å². The third-order valence-corrected chi connectivity index (χ3v) is 2.00. The molecule has 0 spiro atoms. The maximum absolute atomic E-state index is 11.8. The predicted octanol–water partition coefficient (Wildman–Crippen LogP) is 1.27. The number of imide groups is 1. The first kappa shape index (κ1) is 17.2. The van der Waals surface area contributed by atoms with Gasteiger partial charge in [0.2, 0.25) is 5.91 Å². The normalized spacial score (nSPS) is 12.6. The number of alkyl halides is 3. The molecule has 0 rings (SSSR count). The monoisotopic (exact) mass is 284 g/mol. The molecule has 9 heteroatoms. The molecule has 0 fully saturated rings. The van der Waals surface area contributed by atoms with Crippen LogP contribution in [0.3, 0.4) is 0 Å². The summed E-state index contributed by atoms with van der Waals surface area (Å²) in [6, 6.07) is -1.03. The number of aliphatic carboxylic acids is 1. The van der Waals surface area contributed by atoms with Crippen LogP contribution in [-0.2, 0) is 9.59 Å². The van der Waals surface area contributed by atoms with E-state index >= 15 is 0 Å². The molecule has 0 aliphatic heterocycles. The molecule has 3 N–H and O–H groups in total. The fraction of sp³-hybridized carbons (Fsp3) is 0.700. The molecule has 1 unspecified atom stereocenters. The van der Waals surface area contributed by atoms with E-state index in [1.807, 2.05) is 10.6 Å². The lowest BCUT2D eigenvalue weighted by atomic mass is 10.0. The first-order valence-corrected chi connectivity index (χ1v) is 5.46. The van der Waals surface area contributed by atoms with E-state index in [9.17, 15) is 27.6 Å². The summed E-state index contributed by atoms with van der Waals surface area (Å²) in [5.41, 5.74) is 0. The van der Waals surface area contributed by atoms with Crippen molar-refractivity contribution in [1.29, 1.82) is 0 Å². The molecule has 110 valence electrons. The molecule has 3 amide bonds. The number of amides is 3. The molecule has 0 aliphatic rings. The van der Waals surface area contributed by atoms with Gasteiger partial charge in [0, 0.05) is 19.4 Å². The standard InChI is InChI=1S/C10H15F3N2O4/c1-6(5-8(17)18)4-7(16)15-9(19)14-3-2-10(11,12)13/h6H,2-5H2,1H3,(H,17,18)(H2,14,15,16,19). The molecule has 0 bridgehead atoms. The Morgan fingerprint density at radius 3 is 2.26 bits per heavy atom. The van der Waals surface area contributed by atoms with Gasteiger partial charge in [0.25, 0.3) is 0 Å². The topological polar surface area (TPSA) is 95.5 Å². The van der Waals surface area contributed by atoms with Gasteiger partial charge in [0.15, 0.2) is 0 Å². The summed E-state index contributed by atoms with van der Waals surface area (Å²) in [6.07, 6.45) is -6.00. The van der Waals surface area contributed by atoms with E-state index in [1.54, 1.807) is 0 Å². The summed E-state index contributed by atoms with van der Waals surface area (Å²) >= 11 is 0. The zero-order chi connectivity index (χ0) is 15.1. The number of hydrogen-bond donors (Lipinski definition) is 3. The van der Waals surface area contributed by atoms with Crippen LogP contribution in [0, 0.1) is 5.92 Å². The maximum Gasteiger partial charge on any atom is 0.390 e. The summed E-state index contributed by atoms with van der Waals surface area (Å²) in [6.45, 7) is 0.878. The molecule has 1 atom stereocenters. The van der Waals surface area contributed by atoms with Gasteiger partial charge in [-0.15, -0.1) is 0 Å². The summed E-state index contributed by atoms with van der Waals surface area (Å²) in [5, 5.41) is 12.2. The molecule has 19 heavy (non-hydrogen) atoms. The Kier molecular flexibility index (Phi) is 6.87. The average Bonchev–Trinajstić information content (AvgIpc) is 2.12. The number of carboxylic acids is 1. The van der Waals surface area contributed by atoms with Crippen LogP contribution in [0.1, 0.15) is 26.2 Å². The number of halogens is 3. The number of hydrogen-bond acceptors (Lipinski definition) is 3. The quantitative estimate of drug-likeness (QED) is 0.684. The second kappa shape index (κ2) is 7.59. The fourth-order valence-electron chi connectivity index (χ4n) is 1.23. The molecular formula is C10H15F3N2O4. The van der Waals surface area contributed by atoms with Gasteiger partial charge < -0.3 is 10.4 Å².